The van der Waals surface area contributed by atoms with Crippen molar-refractivity contribution in [1.29, 1.82) is 0 Å². The quantitative estimate of drug-likeness (QED) is 0.298. The molecule has 5 nitrogen and oxygen atoms in total. The summed E-state index contributed by atoms with van der Waals surface area (Å²) in [5.74, 6) is -0.253. The maximum absolute atomic E-state index is 11.5. The minimum absolute atomic E-state index is 0. The summed E-state index contributed by atoms with van der Waals surface area (Å²) in [5.41, 5.74) is 0. The van der Waals surface area contributed by atoms with Gasteiger partial charge in [-0.3, -0.25) is 8.98 Å². The van der Waals surface area contributed by atoms with Crippen LogP contribution in [-0.2, 0) is 19.1 Å². The first kappa shape index (κ1) is 24.6. The molecule has 0 saturated carbocycles. The Balaban J connectivity index is 0. The molecule has 0 aliphatic heterocycles. The van der Waals surface area contributed by atoms with Crippen molar-refractivity contribution in [2.75, 3.05) is 19.4 Å². The second-order valence-corrected chi connectivity index (χ2v) is 7.21. The molecule has 22 heavy (non-hydrogen) atoms. The third kappa shape index (κ3) is 16.7. The van der Waals surface area contributed by atoms with Gasteiger partial charge < -0.3 is 5.32 Å². The van der Waals surface area contributed by atoms with Crippen LogP contribution in [0.4, 0.5) is 0 Å². The number of carbonyl (C=O) groups is 1. The summed E-state index contributed by atoms with van der Waals surface area (Å²) in [6.07, 6.45) is 11.4. The Morgan fingerprint density at radius 1 is 0.955 bits per heavy atom. The van der Waals surface area contributed by atoms with Gasteiger partial charge >= 0.3 is 29.6 Å². The molecule has 0 radical (unpaired) electrons. The zero-order valence-electron chi connectivity index (χ0n) is 13.5. The molecule has 0 fully saturated rings. The topological polar surface area (TPSA) is 72.5 Å². The standard InChI is InChI=1S/C15H31NO4S.Na.H/c1-3-4-5-6-7-8-9-10-11-12-15(17)16-13-14-21(18,19)20-2;;/h3-14H2,1-2H3,(H,16,17);;. The Morgan fingerprint density at radius 3 is 1.95 bits per heavy atom. The van der Waals surface area contributed by atoms with Gasteiger partial charge in [0.1, 0.15) is 0 Å². The average molecular weight is 345 g/mol. The van der Waals surface area contributed by atoms with Crippen molar-refractivity contribution >= 4 is 45.6 Å². The Kier molecular flexibility index (Phi) is 18.2. The molecule has 7 heteroatoms. The molecule has 0 heterocycles. The van der Waals surface area contributed by atoms with Gasteiger partial charge in [-0.15, -0.1) is 0 Å². The van der Waals surface area contributed by atoms with Crippen molar-refractivity contribution in [3.05, 3.63) is 0 Å². The normalized spacial score (nSPS) is 11.0. The minimum atomic E-state index is -3.47. The second-order valence-electron chi connectivity index (χ2n) is 5.36. The molecule has 0 aromatic heterocycles. The van der Waals surface area contributed by atoms with Crippen LogP contribution in [0.15, 0.2) is 0 Å². The van der Waals surface area contributed by atoms with E-state index in [0.717, 1.165) is 20.0 Å². The van der Waals surface area contributed by atoms with Crippen LogP contribution < -0.4 is 5.32 Å². The fourth-order valence-electron chi connectivity index (χ4n) is 2.08. The maximum atomic E-state index is 11.5. The summed E-state index contributed by atoms with van der Waals surface area (Å²) in [6.45, 7) is 2.34. The van der Waals surface area contributed by atoms with Gasteiger partial charge in [0, 0.05) is 13.0 Å². The predicted octanol–water partition coefficient (Wildman–Crippen LogP) is 2.35. The first-order valence-electron chi connectivity index (χ1n) is 8.07. The van der Waals surface area contributed by atoms with Crippen LogP contribution in [0.1, 0.15) is 71.1 Å². The van der Waals surface area contributed by atoms with E-state index in [9.17, 15) is 13.2 Å². The molecule has 128 valence electrons. The summed E-state index contributed by atoms with van der Waals surface area (Å²) in [7, 11) is -2.35. The predicted molar refractivity (Wildman–Crippen MR) is 92.8 cm³/mol. The zero-order valence-corrected chi connectivity index (χ0v) is 14.3. The zero-order chi connectivity index (χ0) is 16.0. The first-order chi connectivity index (χ1) is 10.0. The van der Waals surface area contributed by atoms with Gasteiger partial charge in [-0.05, 0) is 6.42 Å². The van der Waals surface area contributed by atoms with E-state index in [4.69, 9.17) is 0 Å². The van der Waals surface area contributed by atoms with E-state index in [1.165, 1.54) is 44.9 Å². The molecule has 0 unspecified atom stereocenters. The van der Waals surface area contributed by atoms with E-state index < -0.39 is 10.1 Å². The third-order valence-corrected chi connectivity index (χ3v) is 4.65. The monoisotopic (exact) mass is 345 g/mol. The second kappa shape index (κ2) is 16.2. The number of nitrogens with one attached hydrogen (secondary N) is 1. The molecule has 1 N–H and O–H groups in total. The molecule has 0 aromatic carbocycles. The number of amides is 1. The van der Waals surface area contributed by atoms with Crippen LogP contribution in [0, 0.1) is 0 Å². The van der Waals surface area contributed by atoms with Crippen LogP contribution in [0.5, 0.6) is 0 Å². The molecule has 0 rings (SSSR count). The number of rotatable bonds is 14. The number of unbranched alkanes of at least 4 members (excludes halogenated alkanes) is 8. The van der Waals surface area contributed by atoms with Gasteiger partial charge in [0.2, 0.25) is 5.91 Å². The summed E-state index contributed by atoms with van der Waals surface area (Å²) in [4.78, 5) is 11.5. The molecule has 0 aromatic rings. The van der Waals surface area contributed by atoms with E-state index in [-0.39, 0.29) is 47.8 Å². The number of hydrogen-bond acceptors (Lipinski definition) is 4. The molecule has 0 spiro atoms. The molecule has 0 bridgehead atoms. The summed E-state index contributed by atoms with van der Waals surface area (Å²) >= 11 is 0. The van der Waals surface area contributed by atoms with Crippen molar-refractivity contribution < 1.29 is 17.4 Å². The van der Waals surface area contributed by atoms with Gasteiger partial charge in [0.15, 0.2) is 0 Å². The number of hydrogen-bond donors (Lipinski definition) is 1. The van der Waals surface area contributed by atoms with Gasteiger partial charge in [-0.2, -0.15) is 8.42 Å². The van der Waals surface area contributed by atoms with Crippen LogP contribution in [0.2, 0.25) is 0 Å². The fourth-order valence-corrected chi connectivity index (χ4v) is 2.60. The summed E-state index contributed by atoms with van der Waals surface area (Å²) < 4.78 is 26.4. The van der Waals surface area contributed by atoms with Crippen molar-refractivity contribution in [2.24, 2.45) is 0 Å². The van der Waals surface area contributed by atoms with Crippen LogP contribution in [0.25, 0.3) is 0 Å². The van der Waals surface area contributed by atoms with Crippen LogP contribution in [0.3, 0.4) is 0 Å². The third-order valence-electron chi connectivity index (χ3n) is 3.44. The van der Waals surface area contributed by atoms with Crippen LogP contribution >= 0.6 is 0 Å². The SMILES string of the molecule is CCCCCCCCCCCC(=O)NCCS(=O)(=O)OC.[NaH]. The molecule has 0 atom stereocenters. The Labute approximate surface area is 158 Å². The summed E-state index contributed by atoms with van der Waals surface area (Å²) in [6, 6.07) is 0. The molecular weight excluding hydrogens is 313 g/mol. The van der Waals surface area contributed by atoms with E-state index in [0.29, 0.717) is 6.42 Å². The van der Waals surface area contributed by atoms with Crippen molar-refractivity contribution in [3.8, 4) is 0 Å². The Bertz CT molecular complexity index is 361. The van der Waals surface area contributed by atoms with Gasteiger partial charge in [-0.1, -0.05) is 58.3 Å². The average Bonchev–Trinajstić information content (AvgIpc) is 2.45. The van der Waals surface area contributed by atoms with E-state index in [2.05, 4.69) is 16.4 Å². The first-order valence-corrected chi connectivity index (χ1v) is 9.64. The van der Waals surface area contributed by atoms with Gasteiger partial charge in [0.05, 0.1) is 12.9 Å². The molecule has 0 aliphatic carbocycles. The van der Waals surface area contributed by atoms with Crippen molar-refractivity contribution in [2.45, 2.75) is 71.1 Å². The Morgan fingerprint density at radius 2 is 1.45 bits per heavy atom. The fraction of sp³-hybridized carbons (Fsp3) is 0.933. The molecular formula is C15H32NNaO4S. The Hall–Kier alpha value is 0.380. The van der Waals surface area contributed by atoms with Crippen molar-refractivity contribution in [1.82, 2.24) is 5.32 Å². The van der Waals surface area contributed by atoms with Gasteiger partial charge in [-0.25, -0.2) is 0 Å². The van der Waals surface area contributed by atoms with Crippen LogP contribution in [-0.4, -0.2) is 63.3 Å². The van der Waals surface area contributed by atoms with E-state index in [1.807, 2.05) is 0 Å². The molecule has 0 saturated heterocycles. The number of carbonyl (C=O) groups excluding carboxylic acids is 1. The molecule has 1 amide bonds. The summed E-state index contributed by atoms with van der Waals surface area (Å²) in [5, 5.41) is 2.60. The van der Waals surface area contributed by atoms with Gasteiger partial charge in [0.25, 0.3) is 10.1 Å². The van der Waals surface area contributed by atoms with E-state index in [1.54, 1.807) is 0 Å². The van der Waals surface area contributed by atoms with Crippen molar-refractivity contribution in [3.63, 3.8) is 0 Å². The van der Waals surface area contributed by atoms with E-state index >= 15 is 0 Å². The molecule has 0 aliphatic rings.